The Morgan fingerprint density at radius 3 is 2.54 bits per heavy atom. The van der Waals surface area contributed by atoms with Crippen LogP contribution in [0.2, 0.25) is 0 Å². The van der Waals surface area contributed by atoms with E-state index < -0.39 is 0 Å². The average Bonchev–Trinajstić information content (AvgIpc) is 3.16. The van der Waals surface area contributed by atoms with Gasteiger partial charge in [-0.15, -0.1) is 5.10 Å². The number of aryl methyl sites for hydroxylation is 1. The highest BCUT2D eigenvalue weighted by Gasteiger charge is 2.17. The first kappa shape index (κ1) is 17.8. The minimum atomic E-state index is -0.0713. The van der Waals surface area contributed by atoms with Crippen LogP contribution in [-0.2, 0) is 0 Å². The van der Waals surface area contributed by atoms with Crippen LogP contribution in [0.15, 0.2) is 54.9 Å². The number of aromatic nitrogens is 4. The maximum atomic E-state index is 12.6. The van der Waals surface area contributed by atoms with Gasteiger partial charge in [0, 0.05) is 18.0 Å². The summed E-state index contributed by atoms with van der Waals surface area (Å²) in [5.74, 6) is 0.640. The zero-order chi connectivity index (χ0) is 18.5. The highest BCUT2D eigenvalue weighted by molar-refractivity contribution is 5.94. The summed E-state index contributed by atoms with van der Waals surface area (Å²) >= 11 is 0. The van der Waals surface area contributed by atoms with Crippen LogP contribution in [0.5, 0.6) is 0 Å². The number of amides is 1. The van der Waals surface area contributed by atoms with Gasteiger partial charge < -0.3 is 5.32 Å². The molecule has 0 radical (unpaired) electrons. The molecule has 134 valence electrons. The van der Waals surface area contributed by atoms with E-state index in [1.165, 1.54) is 11.9 Å². The second kappa shape index (κ2) is 7.91. The lowest BCUT2D eigenvalue weighted by Crippen LogP contribution is -2.30. The summed E-state index contributed by atoms with van der Waals surface area (Å²) in [6.07, 6.45) is 1.54. The van der Waals surface area contributed by atoms with Crippen LogP contribution in [0.25, 0.3) is 5.69 Å². The standard InChI is InChI=1S/C20H23N5O/c1-14(2)18(16-7-5-4-6-8-16)12-21-20(26)17-9-10-19(15(3)11-17)25-13-22-23-24-25/h4-11,13-14,18H,12H2,1-3H3,(H,21,26). The lowest BCUT2D eigenvalue weighted by molar-refractivity contribution is 0.0949. The Kier molecular flexibility index (Phi) is 5.41. The molecule has 0 fully saturated rings. The molecule has 1 aromatic heterocycles. The second-order valence-electron chi connectivity index (χ2n) is 6.73. The van der Waals surface area contributed by atoms with Gasteiger partial charge in [0.2, 0.25) is 0 Å². The van der Waals surface area contributed by atoms with Crippen LogP contribution < -0.4 is 5.32 Å². The molecule has 3 rings (SSSR count). The predicted octanol–water partition coefficient (Wildman–Crippen LogP) is 3.14. The van der Waals surface area contributed by atoms with E-state index in [9.17, 15) is 4.79 Å². The molecule has 2 aromatic carbocycles. The molecule has 3 aromatic rings. The second-order valence-corrected chi connectivity index (χ2v) is 6.73. The first-order valence-electron chi connectivity index (χ1n) is 8.73. The minimum Gasteiger partial charge on any atom is -0.351 e. The van der Waals surface area contributed by atoms with Gasteiger partial charge in [0.05, 0.1) is 5.69 Å². The number of rotatable bonds is 6. The van der Waals surface area contributed by atoms with Crippen molar-refractivity contribution < 1.29 is 4.79 Å². The Hall–Kier alpha value is -3.02. The fraction of sp³-hybridized carbons (Fsp3) is 0.300. The summed E-state index contributed by atoms with van der Waals surface area (Å²) in [4.78, 5) is 12.6. The zero-order valence-corrected chi connectivity index (χ0v) is 15.3. The van der Waals surface area contributed by atoms with Gasteiger partial charge in [0.1, 0.15) is 6.33 Å². The smallest absolute Gasteiger partial charge is 0.251 e. The first-order chi connectivity index (χ1) is 12.6. The Bertz CT molecular complexity index is 859. The quantitative estimate of drug-likeness (QED) is 0.742. The van der Waals surface area contributed by atoms with Crippen molar-refractivity contribution in [2.24, 2.45) is 5.92 Å². The summed E-state index contributed by atoms with van der Waals surface area (Å²) in [5, 5.41) is 14.3. The molecule has 1 amide bonds. The van der Waals surface area contributed by atoms with E-state index in [0.29, 0.717) is 18.0 Å². The molecule has 0 bridgehead atoms. The number of hydrogen-bond acceptors (Lipinski definition) is 4. The van der Waals surface area contributed by atoms with Gasteiger partial charge in [-0.05, 0) is 52.6 Å². The molecule has 1 heterocycles. The molecular weight excluding hydrogens is 326 g/mol. The highest BCUT2D eigenvalue weighted by Crippen LogP contribution is 2.23. The van der Waals surface area contributed by atoms with Gasteiger partial charge >= 0.3 is 0 Å². The van der Waals surface area contributed by atoms with Crippen LogP contribution in [0, 0.1) is 12.8 Å². The topological polar surface area (TPSA) is 72.7 Å². The van der Waals surface area contributed by atoms with Crippen molar-refractivity contribution in [2.75, 3.05) is 6.54 Å². The van der Waals surface area contributed by atoms with E-state index in [0.717, 1.165) is 11.3 Å². The third-order valence-corrected chi connectivity index (χ3v) is 4.57. The van der Waals surface area contributed by atoms with Crippen molar-refractivity contribution in [3.05, 3.63) is 71.5 Å². The SMILES string of the molecule is Cc1cc(C(=O)NCC(c2ccccc2)C(C)C)ccc1-n1cnnn1. The first-order valence-corrected chi connectivity index (χ1v) is 8.73. The number of carbonyl (C=O) groups excluding carboxylic acids is 1. The lowest BCUT2D eigenvalue weighted by Gasteiger charge is -2.22. The fourth-order valence-corrected chi connectivity index (χ4v) is 3.07. The van der Waals surface area contributed by atoms with Crippen molar-refractivity contribution in [3.8, 4) is 5.69 Å². The Morgan fingerprint density at radius 1 is 1.15 bits per heavy atom. The summed E-state index contributed by atoms with van der Waals surface area (Å²) in [6, 6.07) is 15.8. The number of nitrogens with one attached hydrogen (secondary N) is 1. The third kappa shape index (κ3) is 3.96. The average molecular weight is 349 g/mol. The zero-order valence-electron chi connectivity index (χ0n) is 15.3. The third-order valence-electron chi connectivity index (χ3n) is 4.57. The van der Waals surface area contributed by atoms with Crippen molar-refractivity contribution >= 4 is 5.91 Å². The van der Waals surface area contributed by atoms with Crippen LogP contribution in [0.4, 0.5) is 0 Å². The van der Waals surface area contributed by atoms with E-state index >= 15 is 0 Å². The molecule has 1 atom stereocenters. The molecule has 1 unspecified atom stereocenters. The molecule has 0 aliphatic rings. The molecular formula is C20H23N5O. The van der Waals surface area contributed by atoms with Gasteiger partial charge in [-0.3, -0.25) is 4.79 Å². The molecule has 1 N–H and O–H groups in total. The Balaban J connectivity index is 1.70. The normalized spacial score (nSPS) is 12.2. The van der Waals surface area contributed by atoms with E-state index in [2.05, 4.69) is 46.8 Å². The largest absolute Gasteiger partial charge is 0.351 e. The number of hydrogen-bond donors (Lipinski definition) is 1. The maximum absolute atomic E-state index is 12.6. The lowest BCUT2D eigenvalue weighted by atomic mass is 9.88. The molecule has 0 saturated carbocycles. The Morgan fingerprint density at radius 2 is 1.92 bits per heavy atom. The molecule has 0 saturated heterocycles. The number of benzene rings is 2. The van der Waals surface area contributed by atoms with E-state index in [1.54, 1.807) is 10.7 Å². The van der Waals surface area contributed by atoms with Gasteiger partial charge in [0.15, 0.2) is 0 Å². The number of nitrogens with zero attached hydrogens (tertiary/aromatic N) is 4. The molecule has 6 nitrogen and oxygen atoms in total. The van der Waals surface area contributed by atoms with Crippen molar-refractivity contribution in [2.45, 2.75) is 26.7 Å². The van der Waals surface area contributed by atoms with E-state index in [4.69, 9.17) is 0 Å². The minimum absolute atomic E-state index is 0.0713. The van der Waals surface area contributed by atoms with Gasteiger partial charge in [-0.1, -0.05) is 44.2 Å². The van der Waals surface area contributed by atoms with Gasteiger partial charge in [-0.2, -0.15) is 0 Å². The van der Waals surface area contributed by atoms with E-state index in [1.807, 2.05) is 37.3 Å². The highest BCUT2D eigenvalue weighted by atomic mass is 16.1. The Labute approximate surface area is 153 Å². The van der Waals surface area contributed by atoms with Crippen LogP contribution >= 0.6 is 0 Å². The number of tetrazole rings is 1. The monoisotopic (exact) mass is 349 g/mol. The molecule has 0 aliphatic carbocycles. The molecule has 0 spiro atoms. The fourth-order valence-electron chi connectivity index (χ4n) is 3.07. The van der Waals surface area contributed by atoms with E-state index in [-0.39, 0.29) is 11.8 Å². The summed E-state index contributed by atoms with van der Waals surface area (Å²) in [7, 11) is 0. The van der Waals surface area contributed by atoms with Crippen LogP contribution in [0.1, 0.15) is 41.3 Å². The van der Waals surface area contributed by atoms with Crippen LogP contribution in [-0.4, -0.2) is 32.7 Å². The predicted molar refractivity (Wildman–Crippen MR) is 100 cm³/mol. The molecule has 0 aliphatic heterocycles. The maximum Gasteiger partial charge on any atom is 0.251 e. The van der Waals surface area contributed by atoms with Crippen molar-refractivity contribution in [3.63, 3.8) is 0 Å². The summed E-state index contributed by atoms with van der Waals surface area (Å²) in [6.45, 7) is 6.90. The molecule has 6 heteroatoms. The summed E-state index contributed by atoms with van der Waals surface area (Å²) in [5.41, 5.74) is 3.67. The summed E-state index contributed by atoms with van der Waals surface area (Å²) < 4.78 is 1.58. The number of carbonyl (C=O) groups is 1. The van der Waals surface area contributed by atoms with Crippen LogP contribution in [0.3, 0.4) is 0 Å². The molecule has 26 heavy (non-hydrogen) atoms. The van der Waals surface area contributed by atoms with Gasteiger partial charge in [-0.25, -0.2) is 4.68 Å². The van der Waals surface area contributed by atoms with Crippen molar-refractivity contribution in [1.82, 2.24) is 25.5 Å². The van der Waals surface area contributed by atoms with Crippen molar-refractivity contribution in [1.29, 1.82) is 0 Å². The van der Waals surface area contributed by atoms with Gasteiger partial charge in [0.25, 0.3) is 5.91 Å².